The van der Waals surface area contributed by atoms with Crippen LogP contribution in [0.4, 0.5) is 0 Å². The van der Waals surface area contributed by atoms with Crippen LogP contribution >= 0.6 is 0 Å². The third-order valence-corrected chi connectivity index (χ3v) is 2.89. The summed E-state index contributed by atoms with van der Waals surface area (Å²) in [5.74, 6) is -1.04. The molecule has 6 heteroatoms. The Kier molecular flexibility index (Phi) is 3.62. The molecule has 1 aromatic carbocycles. The number of nitrogens with zero attached hydrogens (tertiary/aromatic N) is 3. The topological polar surface area (TPSA) is 94.0 Å². The third kappa shape index (κ3) is 2.97. The van der Waals surface area contributed by atoms with Crippen LogP contribution in [0.5, 0.6) is 0 Å². The fourth-order valence-corrected chi connectivity index (χ4v) is 1.88. The molecule has 2 aromatic rings. The molecule has 0 amide bonds. The lowest BCUT2D eigenvalue weighted by Crippen LogP contribution is -2.32. The second-order valence-electron chi connectivity index (χ2n) is 4.59. The summed E-state index contributed by atoms with van der Waals surface area (Å²) < 4.78 is 1.64. The van der Waals surface area contributed by atoms with E-state index in [1.807, 2.05) is 26.0 Å². The van der Waals surface area contributed by atoms with Crippen molar-refractivity contribution in [3.05, 3.63) is 41.2 Å². The van der Waals surface area contributed by atoms with Gasteiger partial charge in [-0.05, 0) is 25.5 Å². The Morgan fingerprint density at radius 1 is 1.47 bits per heavy atom. The summed E-state index contributed by atoms with van der Waals surface area (Å²) in [4.78, 5) is 10.7. The minimum Gasteiger partial charge on any atom is -0.480 e. The Morgan fingerprint density at radius 3 is 2.84 bits per heavy atom. The largest absolute Gasteiger partial charge is 0.480 e. The van der Waals surface area contributed by atoms with Crippen molar-refractivity contribution in [3.8, 4) is 5.69 Å². The van der Waals surface area contributed by atoms with Crippen molar-refractivity contribution >= 4 is 5.97 Å². The first-order valence-electron chi connectivity index (χ1n) is 5.94. The number of carbonyl (C=O) groups is 1. The fraction of sp³-hybridized carbons (Fsp3) is 0.308. The summed E-state index contributed by atoms with van der Waals surface area (Å²) in [7, 11) is 0. The van der Waals surface area contributed by atoms with Gasteiger partial charge in [0, 0.05) is 6.42 Å². The van der Waals surface area contributed by atoms with Crippen molar-refractivity contribution in [2.75, 3.05) is 0 Å². The van der Waals surface area contributed by atoms with Gasteiger partial charge in [0.05, 0.1) is 17.6 Å². The quantitative estimate of drug-likeness (QED) is 0.849. The van der Waals surface area contributed by atoms with Crippen LogP contribution in [0, 0.1) is 13.8 Å². The molecule has 0 saturated carbocycles. The van der Waals surface area contributed by atoms with Gasteiger partial charge in [0.15, 0.2) is 0 Å². The molecule has 0 aliphatic carbocycles. The first kappa shape index (κ1) is 13.2. The fourth-order valence-electron chi connectivity index (χ4n) is 1.88. The maximum atomic E-state index is 10.7. The summed E-state index contributed by atoms with van der Waals surface area (Å²) in [5, 5.41) is 16.7. The van der Waals surface area contributed by atoms with E-state index in [-0.39, 0.29) is 6.42 Å². The number of rotatable bonds is 4. The molecule has 1 aromatic heterocycles. The molecular weight excluding hydrogens is 244 g/mol. The lowest BCUT2D eigenvalue weighted by Gasteiger charge is -2.05. The zero-order valence-corrected chi connectivity index (χ0v) is 10.9. The van der Waals surface area contributed by atoms with E-state index in [1.165, 1.54) is 5.56 Å². The highest BCUT2D eigenvalue weighted by Crippen LogP contribution is 2.15. The smallest absolute Gasteiger partial charge is 0.320 e. The lowest BCUT2D eigenvalue weighted by atomic mass is 10.1. The molecule has 100 valence electrons. The standard InChI is InChI=1S/C13H16N4O2/c1-8-3-4-12(9(2)5-8)17-7-10(15-16-17)6-11(14)13(18)19/h3-5,7,11H,6,14H2,1-2H3,(H,18,19). The zero-order chi connectivity index (χ0) is 14.0. The Bertz CT molecular complexity index is 606. The molecule has 0 aliphatic heterocycles. The van der Waals surface area contributed by atoms with Gasteiger partial charge in [0.1, 0.15) is 6.04 Å². The van der Waals surface area contributed by atoms with E-state index in [4.69, 9.17) is 10.8 Å². The van der Waals surface area contributed by atoms with Crippen LogP contribution in [0.15, 0.2) is 24.4 Å². The zero-order valence-electron chi connectivity index (χ0n) is 10.9. The van der Waals surface area contributed by atoms with Gasteiger partial charge >= 0.3 is 5.97 Å². The van der Waals surface area contributed by atoms with Crippen molar-refractivity contribution in [3.63, 3.8) is 0 Å². The number of carboxylic acids is 1. The van der Waals surface area contributed by atoms with Crippen LogP contribution in [0.3, 0.4) is 0 Å². The summed E-state index contributed by atoms with van der Waals surface area (Å²) in [5.41, 5.74) is 9.22. The second-order valence-corrected chi connectivity index (χ2v) is 4.59. The summed E-state index contributed by atoms with van der Waals surface area (Å²) in [6, 6.07) is 5.05. The van der Waals surface area contributed by atoms with Crippen LogP contribution in [0.1, 0.15) is 16.8 Å². The summed E-state index contributed by atoms with van der Waals surface area (Å²) in [6.45, 7) is 4.02. The molecule has 6 nitrogen and oxygen atoms in total. The van der Waals surface area contributed by atoms with Crippen molar-refractivity contribution in [2.24, 2.45) is 5.73 Å². The minimum atomic E-state index is -1.04. The summed E-state index contributed by atoms with van der Waals surface area (Å²) >= 11 is 0. The number of benzene rings is 1. The average molecular weight is 260 g/mol. The molecular formula is C13H16N4O2. The highest BCUT2D eigenvalue weighted by atomic mass is 16.4. The normalized spacial score (nSPS) is 12.4. The van der Waals surface area contributed by atoms with Gasteiger partial charge in [0.2, 0.25) is 0 Å². The van der Waals surface area contributed by atoms with Crippen molar-refractivity contribution in [2.45, 2.75) is 26.3 Å². The molecule has 0 radical (unpaired) electrons. The number of hydrogen-bond donors (Lipinski definition) is 2. The van der Waals surface area contributed by atoms with E-state index in [0.717, 1.165) is 11.3 Å². The van der Waals surface area contributed by atoms with Crippen LogP contribution in [-0.2, 0) is 11.2 Å². The third-order valence-electron chi connectivity index (χ3n) is 2.89. The molecule has 0 fully saturated rings. The van der Waals surface area contributed by atoms with E-state index in [0.29, 0.717) is 5.69 Å². The maximum Gasteiger partial charge on any atom is 0.320 e. The van der Waals surface area contributed by atoms with Crippen molar-refractivity contribution in [1.29, 1.82) is 0 Å². The molecule has 19 heavy (non-hydrogen) atoms. The van der Waals surface area contributed by atoms with E-state index in [2.05, 4.69) is 16.4 Å². The molecule has 0 bridgehead atoms. The second kappa shape index (κ2) is 5.19. The minimum absolute atomic E-state index is 0.167. The Morgan fingerprint density at radius 2 is 2.21 bits per heavy atom. The monoisotopic (exact) mass is 260 g/mol. The van der Waals surface area contributed by atoms with Gasteiger partial charge in [-0.15, -0.1) is 5.10 Å². The number of aryl methyl sites for hydroxylation is 2. The van der Waals surface area contributed by atoms with E-state index >= 15 is 0 Å². The van der Waals surface area contributed by atoms with E-state index in [1.54, 1.807) is 10.9 Å². The molecule has 0 spiro atoms. The highest BCUT2D eigenvalue weighted by molar-refractivity contribution is 5.73. The van der Waals surface area contributed by atoms with Gasteiger partial charge in [-0.3, -0.25) is 4.79 Å². The molecule has 0 aliphatic rings. The number of hydrogen-bond acceptors (Lipinski definition) is 4. The Labute approximate surface area is 110 Å². The van der Waals surface area contributed by atoms with Crippen LogP contribution < -0.4 is 5.73 Å². The number of nitrogens with two attached hydrogens (primary N) is 1. The molecule has 2 rings (SSSR count). The molecule has 0 saturated heterocycles. The number of aromatic nitrogens is 3. The first-order valence-corrected chi connectivity index (χ1v) is 5.94. The summed E-state index contributed by atoms with van der Waals surface area (Å²) in [6.07, 6.45) is 1.88. The maximum absolute atomic E-state index is 10.7. The van der Waals surface area contributed by atoms with Crippen molar-refractivity contribution in [1.82, 2.24) is 15.0 Å². The van der Waals surface area contributed by atoms with Crippen molar-refractivity contribution < 1.29 is 9.90 Å². The predicted octanol–water partition coefficient (Wildman–Crippen LogP) is 0.839. The van der Waals surface area contributed by atoms with Crippen LogP contribution in [-0.4, -0.2) is 32.1 Å². The van der Waals surface area contributed by atoms with E-state index < -0.39 is 12.0 Å². The van der Waals surface area contributed by atoms with Gasteiger partial charge < -0.3 is 10.8 Å². The molecule has 1 heterocycles. The molecule has 3 N–H and O–H groups in total. The predicted molar refractivity (Wildman–Crippen MR) is 70.1 cm³/mol. The average Bonchev–Trinajstić information content (AvgIpc) is 2.77. The van der Waals surface area contributed by atoms with Gasteiger partial charge in [-0.2, -0.15) is 0 Å². The van der Waals surface area contributed by atoms with Gasteiger partial charge in [-0.25, -0.2) is 4.68 Å². The molecule has 1 unspecified atom stereocenters. The SMILES string of the molecule is Cc1ccc(-n2cc(CC(N)C(=O)O)nn2)c(C)c1. The Hall–Kier alpha value is -2.21. The van der Waals surface area contributed by atoms with E-state index in [9.17, 15) is 4.79 Å². The number of carboxylic acid groups (broad SMARTS) is 1. The van der Waals surface area contributed by atoms with Gasteiger partial charge in [-0.1, -0.05) is 22.9 Å². The van der Waals surface area contributed by atoms with Gasteiger partial charge in [0.25, 0.3) is 0 Å². The molecule has 1 atom stereocenters. The first-order chi connectivity index (χ1) is 8.97. The lowest BCUT2D eigenvalue weighted by molar-refractivity contribution is -0.138. The van der Waals surface area contributed by atoms with Crippen LogP contribution in [0.25, 0.3) is 5.69 Å². The Balaban J connectivity index is 2.23. The highest BCUT2D eigenvalue weighted by Gasteiger charge is 2.15. The number of aliphatic carboxylic acids is 1. The van der Waals surface area contributed by atoms with Crippen LogP contribution in [0.2, 0.25) is 0 Å².